The van der Waals surface area contributed by atoms with Crippen LogP contribution in [0.4, 0.5) is 0 Å². The largest absolute Gasteiger partial charge is 0.443 e. The molecule has 5 aromatic rings. The summed E-state index contributed by atoms with van der Waals surface area (Å²) in [7, 11) is 0. The zero-order valence-electron chi connectivity index (χ0n) is 15.5. The monoisotopic (exact) mass is 383 g/mol. The number of hydrogen-bond donors (Lipinski definition) is 0. The van der Waals surface area contributed by atoms with Crippen LogP contribution >= 0.6 is 0 Å². The maximum atomic E-state index is 5.88. The Balaban J connectivity index is 0.00000218. The summed E-state index contributed by atoms with van der Waals surface area (Å²) in [6.07, 6.45) is 4.80. The summed E-state index contributed by atoms with van der Waals surface area (Å²) < 4.78 is 11.3. The molecule has 7 nitrogen and oxygen atoms in total. The molecule has 0 bridgehead atoms. The Kier molecular flexibility index (Phi) is 4.18. The molecule has 0 fully saturated rings. The van der Waals surface area contributed by atoms with E-state index in [4.69, 9.17) is 13.8 Å². The van der Waals surface area contributed by atoms with E-state index in [-0.39, 0.29) is 1.43 Å². The third-order valence-electron chi connectivity index (χ3n) is 4.50. The van der Waals surface area contributed by atoms with Crippen molar-refractivity contribution < 1.29 is 10.3 Å². The van der Waals surface area contributed by atoms with Crippen LogP contribution < -0.4 is 0 Å². The van der Waals surface area contributed by atoms with Crippen molar-refractivity contribution in [2.45, 2.75) is 6.92 Å². The van der Waals surface area contributed by atoms with Crippen molar-refractivity contribution in [3.05, 3.63) is 79.1 Å². The molecule has 142 valence electrons. The molecule has 5 rings (SSSR count). The average molecular weight is 383 g/mol. The zero-order chi connectivity index (χ0) is 19.6. The van der Waals surface area contributed by atoms with Gasteiger partial charge in [0.05, 0.1) is 23.8 Å². The van der Waals surface area contributed by atoms with Gasteiger partial charge in [-0.3, -0.25) is 4.98 Å². The number of hydrogen-bond acceptors (Lipinski definition) is 7. The highest BCUT2D eigenvalue weighted by Gasteiger charge is 2.18. The Morgan fingerprint density at radius 1 is 0.828 bits per heavy atom. The smallest absolute Gasteiger partial charge is 0.268 e. The number of oxazole rings is 1. The molecule has 0 aliphatic carbocycles. The SMILES string of the molecule is Cc1ncc(-c2ccccc2-c2cnco2)nc1-c1nnc(-c2ccccc2)o1.[HH]. The van der Waals surface area contributed by atoms with Gasteiger partial charge in [0.2, 0.25) is 5.89 Å². The summed E-state index contributed by atoms with van der Waals surface area (Å²) in [5, 5.41) is 8.34. The van der Waals surface area contributed by atoms with Gasteiger partial charge in [-0.05, 0) is 19.1 Å². The minimum absolute atomic E-state index is 0. The number of benzene rings is 2. The maximum Gasteiger partial charge on any atom is 0.268 e. The molecule has 7 heteroatoms. The molecule has 0 N–H and O–H groups in total. The molecule has 3 aromatic heterocycles. The average Bonchev–Trinajstić information content (AvgIpc) is 3.47. The minimum Gasteiger partial charge on any atom is -0.443 e. The normalized spacial score (nSPS) is 10.9. The third-order valence-corrected chi connectivity index (χ3v) is 4.50. The standard InChI is InChI=1S/C22H15N5O2.H2/c1-14-20(22-27-26-21(29-22)15-7-3-2-4-8-15)25-18(11-24-14)16-9-5-6-10-17(16)19-12-23-13-28-19;/h2-13H,1H3;1H. The molecule has 0 saturated heterocycles. The highest BCUT2D eigenvalue weighted by Crippen LogP contribution is 2.32. The molecule has 0 saturated carbocycles. The highest BCUT2D eigenvalue weighted by atomic mass is 16.4. The molecular weight excluding hydrogens is 366 g/mol. The molecule has 0 atom stereocenters. The lowest BCUT2D eigenvalue weighted by atomic mass is 10.0. The molecule has 2 aromatic carbocycles. The third kappa shape index (κ3) is 3.19. The van der Waals surface area contributed by atoms with Gasteiger partial charge >= 0.3 is 0 Å². The number of rotatable bonds is 4. The van der Waals surface area contributed by atoms with Crippen molar-refractivity contribution in [1.82, 2.24) is 25.1 Å². The van der Waals surface area contributed by atoms with E-state index >= 15 is 0 Å². The lowest BCUT2D eigenvalue weighted by Gasteiger charge is -2.08. The van der Waals surface area contributed by atoms with Gasteiger partial charge in [-0.1, -0.05) is 42.5 Å². The summed E-state index contributed by atoms with van der Waals surface area (Å²) in [6.45, 7) is 1.86. The summed E-state index contributed by atoms with van der Waals surface area (Å²) in [5.74, 6) is 1.43. The Morgan fingerprint density at radius 2 is 1.59 bits per heavy atom. The fourth-order valence-electron chi connectivity index (χ4n) is 3.07. The van der Waals surface area contributed by atoms with Crippen molar-refractivity contribution >= 4 is 0 Å². The quantitative estimate of drug-likeness (QED) is 0.428. The molecule has 0 aliphatic heterocycles. The number of aryl methyl sites for hydroxylation is 1. The molecular formula is C22H17N5O2. The molecule has 0 spiro atoms. The van der Waals surface area contributed by atoms with Crippen molar-refractivity contribution in [1.29, 1.82) is 0 Å². The van der Waals surface area contributed by atoms with Crippen molar-refractivity contribution in [2.24, 2.45) is 0 Å². The molecule has 0 aliphatic rings. The van der Waals surface area contributed by atoms with Gasteiger partial charge in [0.25, 0.3) is 5.89 Å². The second-order valence-corrected chi connectivity index (χ2v) is 6.38. The van der Waals surface area contributed by atoms with Crippen LogP contribution in [0.1, 0.15) is 7.12 Å². The Morgan fingerprint density at radius 3 is 2.38 bits per heavy atom. The van der Waals surface area contributed by atoms with Gasteiger partial charge < -0.3 is 8.83 Å². The first-order chi connectivity index (χ1) is 14.3. The van der Waals surface area contributed by atoms with Crippen LogP contribution in [0.2, 0.25) is 0 Å². The predicted octanol–water partition coefficient (Wildman–Crippen LogP) is 5.07. The van der Waals surface area contributed by atoms with Crippen molar-refractivity contribution in [3.63, 3.8) is 0 Å². The number of nitrogens with zero attached hydrogens (tertiary/aromatic N) is 5. The summed E-state index contributed by atoms with van der Waals surface area (Å²) in [6, 6.07) is 17.4. The second kappa shape index (κ2) is 7.12. The lowest BCUT2D eigenvalue weighted by molar-refractivity contribution is 0.572. The predicted molar refractivity (Wildman–Crippen MR) is 109 cm³/mol. The van der Waals surface area contributed by atoms with Crippen LogP contribution in [0.15, 0.2) is 82.2 Å². The van der Waals surface area contributed by atoms with Crippen LogP contribution in [0.5, 0.6) is 0 Å². The molecule has 29 heavy (non-hydrogen) atoms. The fourth-order valence-corrected chi connectivity index (χ4v) is 3.07. The van der Waals surface area contributed by atoms with E-state index in [2.05, 4.69) is 20.2 Å². The Bertz CT molecular complexity index is 1270. The molecule has 0 radical (unpaired) electrons. The van der Waals surface area contributed by atoms with Gasteiger partial charge in [-0.25, -0.2) is 9.97 Å². The highest BCUT2D eigenvalue weighted by molar-refractivity contribution is 5.79. The van der Waals surface area contributed by atoms with Crippen LogP contribution in [-0.2, 0) is 0 Å². The van der Waals surface area contributed by atoms with Gasteiger partial charge in [0.15, 0.2) is 12.2 Å². The minimum atomic E-state index is 0. The second-order valence-electron chi connectivity index (χ2n) is 6.38. The number of aromatic nitrogens is 5. The first kappa shape index (κ1) is 17.0. The van der Waals surface area contributed by atoms with E-state index in [0.717, 1.165) is 16.7 Å². The molecule has 0 unspecified atom stereocenters. The van der Waals surface area contributed by atoms with Gasteiger partial charge in [0, 0.05) is 18.1 Å². The van der Waals surface area contributed by atoms with E-state index < -0.39 is 0 Å². The van der Waals surface area contributed by atoms with Crippen LogP contribution in [0, 0.1) is 6.92 Å². The molecule has 0 amide bonds. The van der Waals surface area contributed by atoms with Gasteiger partial charge in [-0.15, -0.1) is 10.2 Å². The first-order valence-corrected chi connectivity index (χ1v) is 9.01. The van der Waals surface area contributed by atoms with Gasteiger partial charge in [0.1, 0.15) is 5.69 Å². The maximum absolute atomic E-state index is 5.88. The van der Waals surface area contributed by atoms with Crippen molar-refractivity contribution in [2.75, 3.05) is 0 Å². The first-order valence-electron chi connectivity index (χ1n) is 9.01. The van der Waals surface area contributed by atoms with E-state index in [9.17, 15) is 0 Å². The van der Waals surface area contributed by atoms with E-state index in [1.54, 1.807) is 12.4 Å². The van der Waals surface area contributed by atoms with Crippen LogP contribution in [-0.4, -0.2) is 25.1 Å². The summed E-state index contributed by atoms with van der Waals surface area (Å²) in [5.41, 5.74) is 4.53. The Hall–Kier alpha value is -4.13. The van der Waals surface area contributed by atoms with E-state index in [1.807, 2.05) is 61.5 Å². The van der Waals surface area contributed by atoms with Crippen molar-refractivity contribution in [3.8, 4) is 45.6 Å². The zero-order valence-corrected chi connectivity index (χ0v) is 15.5. The van der Waals surface area contributed by atoms with E-state index in [0.29, 0.717) is 34.6 Å². The van der Waals surface area contributed by atoms with Crippen LogP contribution in [0.25, 0.3) is 45.6 Å². The summed E-state index contributed by atoms with van der Waals surface area (Å²) in [4.78, 5) is 13.3. The Labute approximate surface area is 167 Å². The fraction of sp³-hybridized carbons (Fsp3) is 0.0455. The summed E-state index contributed by atoms with van der Waals surface area (Å²) >= 11 is 0. The topological polar surface area (TPSA) is 90.7 Å². The van der Waals surface area contributed by atoms with Crippen LogP contribution in [0.3, 0.4) is 0 Å². The molecule has 3 heterocycles. The van der Waals surface area contributed by atoms with Gasteiger partial charge in [-0.2, -0.15) is 0 Å². The van der Waals surface area contributed by atoms with E-state index in [1.165, 1.54) is 6.39 Å². The lowest BCUT2D eigenvalue weighted by Crippen LogP contribution is -1.96.